The van der Waals surface area contributed by atoms with Gasteiger partial charge in [0.15, 0.2) is 12.1 Å². The number of aldehydes is 1. The largest absolute Gasteiger partial charge is 0.336 e. The molecule has 1 heterocycles. The summed E-state index contributed by atoms with van der Waals surface area (Å²) < 4.78 is 0. The van der Waals surface area contributed by atoms with Gasteiger partial charge in [0, 0.05) is 0 Å². The zero-order valence-corrected chi connectivity index (χ0v) is 7.59. The predicted molar refractivity (Wildman–Crippen MR) is 51.0 cm³/mol. The number of benzene rings is 1. The van der Waals surface area contributed by atoms with E-state index in [9.17, 15) is 4.79 Å². The van der Waals surface area contributed by atoms with Crippen LogP contribution in [-0.4, -0.2) is 16.3 Å². The van der Waals surface area contributed by atoms with Crippen molar-refractivity contribution in [2.24, 2.45) is 0 Å². The van der Waals surface area contributed by atoms with E-state index in [-0.39, 0.29) is 0 Å². The van der Waals surface area contributed by atoms with Gasteiger partial charge in [-0.05, 0) is 37.1 Å². The number of H-pyrrole nitrogens is 1. The lowest BCUT2D eigenvalue weighted by Gasteiger charge is -1.97. The van der Waals surface area contributed by atoms with Crippen LogP contribution in [0, 0.1) is 13.8 Å². The van der Waals surface area contributed by atoms with Crippen LogP contribution in [-0.2, 0) is 0 Å². The van der Waals surface area contributed by atoms with Gasteiger partial charge in [0.1, 0.15) is 0 Å². The Labute approximate surface area is 75.8 Å². The van der Waals surface area contributed by atoms with E-state index in [2.05, 4.69) is 9.97 Å². The van der Waals surface area contributed by atoms with E-state index in [4.69, 9.17) is 0 Å². The Morgan fingerprint density at radius 3 is 2.69 bits per heavy atom. The second-order valence-electron chi connectivity index (χ2n) is 3.19. The molecule has 0 aliphatic carbocycles. The van der Waals surface area contributed by atoms with Crippen LogP contribution in [0.15, 0.2) is 12.1 Å². The second-order valence-corrected chi connectivity index (χ2v) is 3.19. The van der Waals surface area contributed by atoms with E-state index < -0.39 is 0 Å². The van der Waals surface area contributed by atoms with Crippen molar-refractivity contribution in [3.63, 3.8) is 0 Å². The SMILES string of the molecule is Cc1cc2nc(C=O)[nH]c2cc1C. The molecule has 1 N–H and O–H groups in total. The summed E-state index contributed by atoms with van der Waals surface area (Å²) >= 11 is 0. The number of fused-ring (bicyclic) bond motifs is 1. The molecule has 2 aromatic rings. The summed E-state index contributed by atoms with van der Waals surface area (Å²) in [5, 5.41) is 0. The molecule has 0 unspecified atom stereocenters. The van der Waals surface area contributed by atoms with Gasteiger partial charge in [-0.25, -0.2) is 4.98 Å². The lowest BCUT2D eigenvalue weighted by Crippen LogP contribution is -1.79. The maximum Gasteiger partial charge on any atom is 0.185 e. The van der Waals surface area contributed by atoms with E-state index in [1.54, 1.807) is 0 Å². The van der Waals surface area contributed by atoms with Gasteiger partial charge >= 0.3 is 0 Å². The van der Waals surface area contributed by atoms with E-state index in [0.29, 0.717) is 5.82 Å². The molecular weight excluding hydrogens is 164 g/mol. The summed E-state index contributed by atoms with van der Waals surface area (Å²) in [6.45, 7) is 4.07. The number of hydrogen-bond acceptors (Lipinski definition) is 2. The van der Waals surface area contributed by atoms with Crippen molar-refractivity contribution in [2.45, 2.75) is 13.8 Å². The molecule has 0 saturated carbocycles. The number of rotatable bonds is 1. The van der Waals surface area contributed by atoms with Crippen LogP contribution in [0.1, 0.15) is 21.7 Å². The Balaban J connectivity index is 2.77. The number of carbonyl (C=O) groups excluding carboxylic acids is 1. The zero-order valence-electron chi connectivity index (χ0n) is 7.59. The molecule has 2 rings (SSSR count). The minimum Gasteiger partial charge on any atom is -0.336 e. The normalized spacial score (nSPS) is 10.6. The average molecular weight is 174 g/mol. The minimum atomic E-state index is 0.389. The summed E-state index contributed by atoms with van der Waals surface area (Å²) in [6, 6.07) is 3.98. The average Bonchev–Trinajstić information content (AvgIpc) is 2.48. The highest BCUT2D eigenvalue weighted by molar-refractivity contribution is 5.82. The van der Waals surface area contributed by atoms with Gasteiger partial charge in [-0.1, -0.05) is 0 Å². The van der Waals surface area contributed by atoms with Crippen LogP contribution in [0.4, 0.5) is 0 Å². The van der Waals surface area contributed by atoms with Gasteiger partial charge in [-0.3, -0.25) is 4.79 Å². The number of nitrogens with one attached hydrogen (secondary N) is 1. The molecule has 66 valence electrons. The first-order valence-electron chi connectivity index (χ1n) is 4.13. The van der Waals surface area contributed by atoms with Crippen LogP contribution >= 0.6 is 0 Å². The van der Waals surface area contributed by atoms with Crippen molar-refractivity contribution >= 4 is 17.3 Å². The molecular formula is C10H10N2O. The van der Waals surface area contributed by atoms with Gasteiger partial charge in [0.05, 0.1) is 11.0 Å². The number of aryl methyl sites for hydroxylation is 2. The fraction of sp³-hybridized carbons (Fsp3) is 0.200. The number of imidazole rings is 1. The van der Waals surface area contributed by atoms with E-state index in [1.165, 1.54) is 11.1 Å². The second kappa shape index (κ2) is 2.69. The van der Waals surface area contributed by atoms with Crippen molar-refractivity contribution < 1.29 is 4.79 Å². The van der Waals surface area contributed by atoms with E-state index in [1.807, 2.05) is 26.0 Å². The maximum atomic E-state index is 10.5. The number of aromatic nitrogens is 2. The highest BCUT2D eigenvalue weighted by Gasteiger charge is 2.02. The third-order valence-electron chi connectivity index (χ3n) is 2.23. The van der Waals surface area contributed by atoms with Gasteiger partial charge in [0.2, 0.25) is 0 Å². The van der Waals surface area contributed by atoms with Crippen molar-refractivity contribution in [2.75, 3.05) is 0 Å². The molecule has 3 nitrogen and oxygen atoms in total. The number of hydrogen-bond donors (Lipinski definition) is 1. The first-order valence-corrected chi connectivity index (χ1v) is 4.13. The summed E-state index contributed by atoms with van der Waals surface area (Å²) in [6.07, 6.45) is 0.727. The van der Waals surface area contributed by atoms with Crippen LogP contribution in [0.5, 0.6) is 0 Å². The van der Waals surface area contributed by atoms with Gasteiger partial charge in [0.25, 0.3) is 0 Å². The fourth-order valence-electron chi connectivity index (χ4n) is 1.35. The van der Waals surface area contributed by atoms with Gasteiger partial charge in [-0.15, -0.1) is 0 Å². The molecule has 1 aromatic carbocycles. The number of aromatic amines is 1. The predicted octanol–water partition coefficient (Wildman–Crippen LogP) is 1.99. The van der Waals surface area contributed by atoms with Crippen molar-refractivity contribution in [1.29, 1.82) is 0 Å². The first kappa shape index (κ1) is 7.98. The summed E-state index contributed by atoms with van der Waals surface area (Å²) in [5.74, 6) is 0.389. The molecule has 0 radical (unpaired) electrons. The molecule has 0 aliphatic rings. The Morgan fingerprint density at radius 1 is 1.31 bits per heavy atom. The summed E-state index contributed by atoms with van der Waals surface area (Å²) in [4.78, 5) is 17.5. The van der Waals surface area contributed by atoms with Crippen LogP contribution in [0.3, 0.4) is 0 Å². The lowest BCUT2D eigenvalue weighted by molar-refractivity contribution is 0.111. The standard InChI is InChI=1S/C10H10N2O/c1-6-3-8-9(4-7(6)2)12-10(5-13)11-8/h3-5H,1-2H3,(H,11,12). The van der Waals surface area contributed by atoms with Crippen molar-refractivity contribution in [1.82, 2.24) is 9.97 Å². The Bertz CT molecular complexity index is 432. The maximum absolute atomic E-state index is 10.5. The first-order chi connectivity index (χ1) is 6.20. The molecule has 1 aromatic heterocycles. The lowest BCUT2D eigenvalue weighted by atomic mass is 10.1. The van der Waals surface area contributed by atoms with Crippen LogP contribution in [0.2, 0.25) is 0 Å². The Kier molecular flexibility index (Phi) is 1.65. The highest BCUT2D eigenvalue weighted by Crippen LogP contribution is 2.16. The molecule has 0 atom stereocenters. The number of nitrogens with zero attached hydrogens (tertiary/aromatic N) is 1. The monoisotopic (exact) mass is 174 g/mol. The Morgan fingerprint density at radius 2 is 2.00 bits per heavy atom. The van der Waals surface area contributed by atoms with Crippen LogP contribution < -0.4 is 0 Å². The third-order valence-corrected chi connectivity index (χ3v) is 2.23. The smallest absolute Gasteiger partial charge is 0.185 e. The number of carbonyl (C=O) groups is 1. The summed E-state index contributed by atoms with van der Waals surface area (Å²) in [5.41, 5.74) is 4.17. The van der Waals surface area contributed by atoms with Crippen molar-refractivity contribution in [3.05, 3.63) is 29.1 Å². The molecule has 3 heteroatoms. The fourth-order valence-corrected chi connectivity index (χ4v) is 1.35. The molecule has 13 heavy (non-hydrogen) atoms. The molecule has 0 bridgehead atoms. The van der Waals surface area contributed by atoms with Crippen molar-refractivity contribution in [3.8, 4) is 0 Å². The molecule has 0 fully saturated rings. The third kappa shape index (κ3) is 1.22. The summed E-state index contributed by atoms with van der Waals surface area (Å²) in [7, 11) is 0. The van der Waals surface area contributed by atoms with Crippen LogP contribution in [0.25, 0.3) is 11.0 Å². The topological polar surface area (TPSA) is 45.8 Å². The van der Waals surface area contributed by atoms with Gasteiger partial charge in [-0.2, -0.15) is 0 Å². The molecule has 0 saturated heterocycles. The highest BCUT2D eigenvalue weighted by atomic mass is 16.1. The Hall–Kier alpha value is -1.64. The molecule has 0 spiro atoms. The quantitative estimate of drug-likeness (QED) is 0.672. The molecule has 0 aliphatic heterocycles. The molecule has 0 amide bonds. The minimum absolute atomic E-state index is 0.389. The van der Waals surface area contributed by atoms with E-state index in [0.717, 1.165) is 17.3 Å². The van der Waals surface area contributed by atoms with E-state index >= 15 is 0 Å². The van der Waals surface area contributed by atoms with Gasteiger partial charge < -0.3 is 4.98 Å². The zero-order chi connectivity index (χ0) is 9.42.